The van der Waals surface area contributed by atoms with Crippen LogP contribution in [0.15, 0.2) is 132 Å². The van der Waals surface area contributed by atoms with Gasteiger partial charge in [0, 0.05) is 40.6 Å². The van der Waals surface area contributed by atoms with Gasteiger partial charge in [-0.15, -0.1) is 0 Å². The lowest BCUT2D eigenvalue weighted by molar-refractivity contribution is -0.0399. The number of fused-ring (bicyclic) bond motifs is 10. The van der Waals surface area contributed by atoms with Crippen LogP contribution in [0.1, 0.15) is 12.8 Å². The van der Waals surface area contributed by atoms with Crippen molar-refractivity contribution in [3.8, 4) is 11.5 Å². The molecule has 1 saturated heterocycles. The molecule has 8 heteroatoms. The van der Waals surface area contributed by atoms with E-state index < -0.39 is 0 Å². The molecule has 0 spiro atoms. The average Bonchev–Trinajstić information content (AvgIpc) is 3.76. The second kappa shape index (κ2) is 9.40. The summed E-state index contributed by atoms with van der Waals surface area (Å²) in [4.78, 5) is 13.1. The second-order valence-electron chi connectivity index (χ2n) is 12.3. The van der Waals surface area contributed by atoms with E-state index in [1.54, 1.807) is 0 Å². The maximum absolute atomic E-state index is 6.46. The number of piperazine rings is 1. The fourth-order valence-electron chi connectivity index (χ4n) is 8.49. The lowest BCUT2D eigenvalue weighted by Crippen LogP contribution is -2.75. The molecule has 1 aliphatic carbocycles. The molecule has 1 saturated carbocycles. The molecule has 5 heterocycles. The van der Waals surface area contributed by atoms with E-state index in [0.29, 0.717) is 0 Å². The van der Waals surface area contributed by atoms with Gasteiger partial charge in [-0.2, -0.15) is 0 Å². The second-order valence-corrected chi connectivity index (χ2v) is 13.4. The molecule has 5 aliphatic heterocycles. The van der Waals surface area contributed by atoms with Gasteiger partial charge in [-0.1, -0.05) is 60.3 Å². The van der Waals surface area contributed by atoms with Gasteiger partial charge in [0.1, 0.15) is 12.3 Å². The van der Waals surface area contributed by atoms with Crippen LogP contribution in [0.5, 0.6) is 11.5 Å². The molecule has 0 aromatic heterocycles. The Kier molecular flexibility index (Phi) is 5.28. The molecule has 0 amide bonds. The molecule has 218 valence electrons. The van der Waals surface area contributed by atoms with Crippen molar-refractivity contribution in [2.24, 2.45) is 0 Å². The minimum atomic E-state index is 0.166. The Morgan fingerprint density at radius 3 is 1.75 bits per heavy atom. The minimum Gasteiger partial charge on any atom is -0.453 e. The number of nitrogens with one attached hydrogen (secondary N) is 2. The standard InChI is InChI=1S/C36H32N6OS/c1-5-13-30-24(9-1)41(25-10-2-6-14-31(25)43-30)23-21-28-34(40-20-18-38-36(40)35-37-17-19-39(28)35)29(22-23)42-26-11-3-7-15-32(26)44-33-16-8-4-12-27(33)42/h1-20,23,28-29,34-38H,21-22H2. The van der Waals surface area contributed by atoms with Crippen LogP contribution < -0.4 is 25.2 Å². The van der Waals surface area contributed by atoms with Gasteiger partial charge in [0.15, 0.2) is 11.5 Å². The van der Waals surface area contributed by atoms with Gasteiger partial charge < -0.3 is 35.0 Å². The number of nitrogens with zero attached hydrogens (tertiary/aromatic N) is 4. The van der Waals surface area contributed by atoms with Crippen molar-refractivity contribution < 1.29 is 4.74 Å². The van der Waals surface area contributed by atoms with Gasteiger partial charge in [-0.05, 0) is 61.4 Å². The van der Waals surface area contributed by atoms with Crippen molar-refractivity contribution >= 4 is 34.5 Å². The first-order chi connectivity index (χ1) is 21.8. The van der Waals surface area contributed by atoms with E-state index in [2.05, 4.69) is 152 Å². The molecule has 6 aliphatic rings. The summed E-state index contributed by atoms with van der Waals surface area (Å²) < 4.78 is 6.46. The number of anilines is 4. The quantitative estimate of drug-likeness (QED) is 0.259. The molecule has 2 fully saturated rings. The third-order valence-electron chi connectivity index (χ3n) is 10.1. The molecule has 0 bridgehead atoms. The highest BCUT2D eigenvalue weighted by atomic mass is 32.2. The topological polar surface area (TPSA) is 46.3 Å². The average molecular weight is 597 g/mol. The number of hydrogen-bond donors (Lipinski definition) is 2. The fourth-order valence-corrected chi connectivity index (χ4v) is 9.57. The number of para-hydroxylation sites is 6. The monoisotopic (exact) mass is 596 g/mol. The lowest BCUT2D eigenvalue weighted by Gasteiger charge is -2.60. The van der Waals surface area contributed by atoms with E-state index in [1.807, 2.05) is 11.8 Å². The zero-order valence-corrected chi connectivity index (χ0v) is 24.8. The fraction of sp³-hybridized carbons (Fsp3) is 0.222. The molecular weight excluding hydrogens is 565 g/mol. The molecule has 6 atom stereocenters. The molecule has 7 nitrogen and oxygen atoms in total. The zero-order valence-electron chi connectivity index (χ0n) is 24.0. The van der Waals surface area contributed by atoms with Crippen LogP contribution in [0.25, 0.3) is 0 Å². The van der Waals surface area contributed by atoms with Crippen LogP contribution in [0.4, 0.5) is 22.7 Å². The van der Waals surface area contributed by atoms with Gasteiger partial charge >= 0.3 is 0 Å². The van der Waals surface area contributed by atoms with Gasteiger partial charge in [0.25, 0.3) is 0 Å². The Labute approximate surface area is 261 Å². The van der Waals surface area contributed by atoms with E-state index >= 15 is 0 Å². The highest BCUT2D eigenvalue weighted by Crippen LogP contribution is 2.54. The Bertz CT molecular complexity index is 1750. The van der Waals surface area contributed by atoms with Crippen LogP contribution >= 0.6 is 11.8 Å². The van der Waals surface area contributed by atoms with Crippen molar-refractivity contribution in [3.05, 3.63) is 122 Å². The summed E-state index contributed by atoms with van der Waals surface area (Å²) in [5.41, 5.74) is 4.89. The summed E-state index contributed by atoms with van der Waals surface area (Å²) in [5.74, 6) is 1.84. The van der Waals surface area contributed by atoms with Crippen molar-refractivity contribution in [2.75, 3.05) is 9.80 Å². The third kappa shape index (κ3) is 3.46. The molecule has 0 radical (unpaired) electrons. The van der Waals surface area contributed by atoms with E-state index in [9.17, 15) is 0 Å². The van der Waals surface area contributed by atoms with Crippen LogP contribution in [-0.4, -0.2) is 46.3 Å². The largest absolute Gasteiger partial charge is 0.453 e. The van der Waals surface area contributed by atoms with Crippen LogP contribution in [-0.2, 0) is 0 Å². The van der Waals surface area contributed by atoms with Gasteiger partial charge in [-0.3, -0.25) is 0 Å². The SMILES string of the molecule is C1=CN2C3CC(N4c5ccccc5Oc5ccccc54)CC(N4c5ccccc5Sc5ccccc54)C3N3C=CNC3C2N1. The van der Waals surface area contributed by atoms with Crippen LogP contribution in [0.3, 0.4) is 0 Å². The maximum Gasteiger partial charge on any atom is 0.151 e. The Morgan fingerprint density at radius 2 is 1.09 bits per heavy atom. The lowest BCUT2D eigenvalue weighted by atomic mass is 9.77. The van der Waals surface area contributed by atoms with E-state index in [-0.39, 0.29) is 36.5 Å². The summed E-state index contributed by atoms with van der Waals surface area (Å²) in [6, 6.07) is 36.0. The van der Waals surface area contributed by atoms with Crippen molar-refractivity contribution in [2.45, 2.75) is 59.1 Å². The zero-order chi connectivity index (χ0) is 28.8. The molecular formula is C36H32N6OS. The smallest absolute Gasteiger partial charge is 0.151 e. The summed E-state index contributed by atoms with van der Waals surface area (Å²) >= 11 is 1.88. The summed E-state index contributed by atoms with van der Waals surface area (Å²) in [7, 11) is 0. The van der Waals surface area contributed by atoms with Crippen molar-refractivity contribution in [3.63, 3.8) is 0 Å². The minimum absolute atomic E-state index is 0.166. The predicted molar refractivity (Wildman–Crippen MR) is 174 cm³/mol. The predicted octanol–water partition coefficient (Wildman–Crippen LogP) is 6.92. The molecule has 2 N–H and O–H groups in total. The normalized spacial score (nSPS) is 28.4. The van der Waals surface area contributed by atoms with Gasteiger partial charge in [-0.25, -0.2) is 0 Å². The number of benzene rings is 4. The molecule has 4 aromatic carbocycles. The first kappa shape index (κ1) is 24.7. The van der Waals surface area contributed by atoms with Crippen molar-refractivity contribution in [1.82, 2.24) is 20.4 Å². The van der Waals surface area contributed by atoms with E-state index in [4.69, 9.17) is 4.74 Å². The first-order valence-corrected chi connectivity index (χ1v) is 16.4. The van der Waals surface area contributed by atoms with Crippen molar-refractivity contribution in [1.29, 1.82) is 0 Å². The summed E-state index contributed by atoms with van der Waals surface area (Å²) in [6.07, 6.45) is 11.2. The summed E-state index contributed by atoms with van der Waals surface area (Å²) in [6.45, 7) is 0. The number of hydrogen-bond acceptors (Lipinski definition) is 8. The molecule has 44 heavy (non-hydrogen) atoms. The Morgan fingerprint density at radius 1 is 0.568 bits per heavy atom. The highest BCUT2D eigenvalue weighted by molar-refractivity contribution is 7.99. The Hall–Kier alpha value is -4.69. The van der Waals surface area contributed by atoms with Gasteiger partial charge in [0.2, 0.25) is 0 Å². The van der Waals surface area contributed by atoms with E-state index in [0.717, 1.165) is 35.7 Å². The van der Waals surface area contributed by atoms with E-state index in [1.165, 1.54) is 21.2 Å². The van der Waals surface area contributed by atoms with Crippen LogP contribution in [0, 0.1) is 0 Å². The molecule has 6 unspecified atom stereocenters. The van der Waals surface area contributed by atoms with Crippen LogP contribution in [0.2, 0.25) is 0 Å². The molecule has 4 aromatic rings. The Balaban J connectivity index is 1.17. The first-order valence-electron chi connectivity index (χ1n) is 15.5. The number of rotatable bonds is 2. The number of ether oxygens (including phenoxy) is 1. The molecule has 10 rings (SSSR count). The summed E-state index contributed by atoms with van der Waals surface area (Å²) in [5, 5.41) is 7.34. The van der Waals surface area contributed by atoms with Gasteiger partial charge in [0.05, 0.1) is 40.9 Å². The maximum atomic E-state index is 6.46. The highest BCUT2D eigenvalue weighted by Gasteiger charge is 2.56. The third-order valence-corrected chi connectivity index (χ3v) is 11.3.